The highest BCUT2D eigenvalue weighted by molar-refractivity contribution is 5.76. The first-order valence-electron chi connectivity index (χ1n) is 24.6. The summed E-state index contributed by atoms with van der Waals surface area (Å²) in [6.07, 6.45) is 53.1. The maximum atomic E-state index is 12.4. The van der Waals surface area contributed by atoms with Crippen LogP contribution in [0.5, 0.6) is 0 Å². The van der Waals surface area contributed by atoms with Gasteiger partial charge in [-0.3, -0.25) is 9.59 Å². The lowest BCUT2D eigenvalue weighted by atomic mass is 10.0. The fourth-order valence-electron chi connectivity index (χ4n) is 7.39. The van der Waals surface area contributed by atoms with Gasteiger partial charge in [-0.2, -0.15) is 0 Å². The Morgan fingerprint density at radius 3 is 1.29 bits per heavy atom. The summed E-state index contributed by atoms with van der Waals surface area (Å²) in [4.78, 5) is 24.4. The molecule has 0 heterocycles. The van der Waals surface area contributed by atoms with Crippen LogP contribution in [0.15, 0.2) is 24.3 Å². The molecule has 0 saturated heterocycles. The number of aliphatic hydroxyl groups excluding tert-OH is 2. The first-order chi connectivity index (χ1) is 27.5. The van der Waals surface area contributed by atoms with Gasteiger partial charge >= 0.3 is 5.97 Å². The smallest absolute Gasteiger partial charge is 0.305 e. The summed E-state index contributed by atoms with van der Waals surface area (Å²) in [5.74, 6) is -0.113. The summed E-state index contributed by atoms with van der Waals surface area (Å²) in [6.45, 7) is 4.85. The molecule has 0 aliphatic carbocycles. The highest BCUT2D eigenvalue weighted by Gasteiger charge is 2.18. The molecule has 0 aromatic rings. The van der Waals surface area contributed by atoms with Gasteiger partial charge in [-0.05, 0) is 57.8 Å². The summed E-state index contributed by atoms with van der Waals surface area (Å²) in [5, 5.41) is 23.0. The molecule has 0 aromatic carbocycles. The van der Waals surface area contributed by atoms with E-state index in [9.17, 15) is 19.8 Å². The lowest BCUT2D eigenvalue weighted by molar-refractivity contribution is -0.143. The first kappa shape index (κ1) is 54.3. The average molecular weight is 790 g/mol. The Hall–Kier alpha value is -1.66. The van der Waals surface area contributed by atoms with Gasteiger partial charge in [-0.1, -0.05) is 212 Å². The van der Waals surface area contributed by atoms with Crippen molar-refractivity contribution >= 4 is 11.9 Å². The van der Waals surface area contributed by atoms with E-state index in [4.69, 9.17) is 4.74 Å². The number of allylic oxidation sites excluding steroid dienone is 3. The number of carbonyl (C=O) groups excluding carboxylic acids is 2. The van der Waals surface area contributed by atoms with Gasteiger partial charge in [0.2, 0.25) is 5.91 Å². The van der Waals surface area contributed by atoms with E-state index in [1.54, 1.807) is 6.08 Å². The summed E-state index contributed by atoms with van der Waals surface area (Å²) >= 11 is 0. The van der Waals surface area contributed by atoms with E-state index in [1.165, 1.54) is 161 Å². The summed E-state index contributed by atoms with van der Waals surface area (Å²) < 4.78 is 5.43. The van der Waals surface area contributed by atoms with Gasteiger partial charge in [0.25, 0.3) is 0 Å². The van der Waals surface area contributed by atoms with E-state index < -0.39 is 12.1 Å². The SMILES string of the molecule is CCCCCCCCCCCCCCC/C=C/C(O)C(CO)NC(=O)CCCCC/C=C\CCCCCCCCOC(=O)CCCCCCCCCCCCC. The molecule has 6 heteroatoms. The van der Waals surface area contributed by atoms with Crippen LogP contribution in [0.3, 0.4) is 0 Å². The summed E-state index contributed by atoms with van der Waals surface area (Å²) in [5.41, 5.74) is 0. The van der Waals surface area contributed by atoms with E-state index in [0.29, 0.717) is 19.4 Å². The van der Waals surface area contributed by atoms with Gasteiger partial charge < -0.3 is 20.3 Å². The van der Waals surface area contributed by atoms with Crippen LogP contribution in [0.25, 0.3) is 0 Å². The van der Waals surface area contributed by atoms with Crippen LogP contribution in [0.2, 0.25) is 0 Å². The van der Waals surface area contributed by atoms with Gasteiger partial charge in [0.05, 0.1) is 25.4 Å². The summed E-state index contributed by atoms with van der Waals surface area (Å²) in [6, 6.07) is -0.646. The van der Waals surface area contributed by atoms with E-state index in [0.717, 1.165) is 70.6 Å². The molecular formula is C50H95NO5. The molecule has 0 radical (unpaired) electrons. The number of esters is 1. The van der Waals surface area contributed by atoms with Crippen molar-refractivity contribution in [2.45, 2.75) is 270 Å². The first-order valence-corrected chi connectivity index (χ1v) is 24.6. The number of hydrogen-bond acceptors (Lipinski definition) is 5. The van der Waals surface area contributed by atoms with Crippen LogP contribution in [-0.4, -0.2) is 47.4 Å². The molecule has 2 unspecified atom stereocenters. The third-order valence-corrected chi connectivity index (χ3v) is 11.2. The third kappa shape index (κ3) is 42.0. The van der Waals surface area contributed by atoms with Gasteiger partial charge in [0, 0.05) is 12.8 Å². The quantitative estimate of drug-likeness (QED) is 0.0324. The van der Waals surface area contributed by atoms with Gasteiger partial charge in [-0.15, -0.1) is 0 Å². The minimum atomic E-state index is -0.860. The van der Waals surface area contributed by atoms with Gasteiger partial charge in [0.15, 0.2) is 0 Å². The van der Waals surface area contributed by atoms with Crippen LogP contribution in [0.1, 0.15) is 258 Å². The molecule has 0 aliphatic heterocycles. The van der Waals surface area contributed by atoms with Gasteiger partial charge in [0.1, 0.15) is 0 Å². The van der Waals surface area contributed by atoms with Crippen molar-refractivity contribution in [1.29, 1.82) is 0 Å². The monoisotopic (exact) mass is 790 g/mol. The molecular weight excluding hydrogens is 695 g/mol. The Balaban J connectivity index is 3.55. The third-order valence-electron chi connectivity index (χ3n) is 11.2. The Morgan fingerprint density at radius 2 is 0.839 bits per heavy atom. The second-order valence-electron chi connectivity index (χ2n) is 16.8. The molecule has 330 valence electrons. The molecule has 56 heavy (non-hydrogen) atoms. The van der Waals surface area contributed by atoms with Crippen molar-refractivity contribution < 1.29 is 24.5 Å². The lowest BCUT2D eigenvalue weighted by Crippen LogP contribution is -2.45. The molecule has 0 fully saturated rings. The molecule has 6 nitrogen and oxygen atoms in total. The van der Waals surface area contributed by atoms with E-state index in [-0.39, 0.29) is 18.5 Å². The Morgan fingerprint density at radius 1 is 0.482 bits per heavy atom. The second-order valence-corrected chi connectivity index (χ2v) is 16.8. The standard InChI is InChI=1S/C50H95NO5/c1-3-5-7-9-11-13-15-16-17-19-23-26-30-34-38-42-48(53)47(46-52)51-49(54)43-39-35-31-27-24-20-18-21-25-29-33-37-41-45-56-50(55)44-40-36-32-28-22-14-12-10-8-6-4-2/h20,24,38,42,47-48,52-53H,3-19,21-23,25-37,39-41,43-46H2,1-2H3,(H,51,54)/b24-20-,42-38+. The second kappa shape index (κ2) is 46.0. The molecule has 0 spiro atoms. The molecule has 3 N–H and O–H groups in total. The molecule has 0 rings (SSSR count). The highest BCUT2D eigenvalue weighted by atomic mass is 16.5. The van der Waals surface area contributed by atoms with Crippen molar-refractivity contribution in [3.63, 3.8) is 0 Å². The zero-order chi connectivity index (χ0) is 40.8. The Bertz CT molecular complexity index is 874. The fraction of sp³-hybridized carbons (Fsp3) is 0.880. The number of amides is 1. The number of hydrogen-bond donors (Lipinski definition) is 3. The van der Waals surface area contributed by atoms with Crippen molar-refractivity contribution in [2.75, 3.05) is 13.2 Å². The van der Waals surface area contributed by atoms with Crippen molar-refractivity contribution in [2.24, 2.45) is 0 Å². The minimum Gasteiger partial charge on any atom is -0.466 e. The molecule has 1 amide bonds. The van der Waals surface area contributed by atoms with Crippen LogP contribution >= 0.6 is 0 Å². The molecule has 0 aromatic heterocycles. The predicted molar refractivity (Wildman–Crippen MR) is 241 cm³/mol. The molecule has 2 atom stereocenters. The number of carbonyl (C=O) groups is 2. The van der Waals surface area contributed by atoms with E-state index in [1.807, 2.05) is 6.08 Å². The maximum Gasteiger partial charge on any atom is 0.305 e. The van der Waals surface area contributed by atoms with Crippen molar-refractivity contribution in [3.8, 4) is 0 Å². The van der Waals surface area contributed by atoms with E-state index in [2.05, 4.69) is 31.3 Å². The highest BCUT2D eigenvalue weighted by Crippen LogP contribution is 2.15. The number of nitrogens with one attached hydrogen (secondary N) is 1. The van der Waals surface area contributed by atoms with Crippen LogP contribution in [0.4, 0.5) is 0 Å². The number of unbranched alkanes of at least 4 members (excludes halogenated alkanes) is 32. The summed E-state index contributed by atoms with van der Waals surface area (Å²) in [7, 11) is 0. The minimum absolute atomic E-state index is 0.0148. The zero-order valence-electron chi connectivity index (χ0n) is 37.4. The van der Waals surface area contributed by atoms with E-state index >= 15 is 0 Å². The normalized spacial score (nSPS) is 12.9. The largest absolute Gasteiger partial charge is 0.466 e. The Labute approximate surface area is 348 Å². The topological polar surface area (TPSA) is 95.9 Å². The predicted octanol–water partition coefficient (Wildman–Crippen LogP) is 14.3. The zero-order valence-corrected chi connectivity index (χ0v) is 37.4. The van der Waals surface area contributed by atoms with Crippen LogP contribution in [-0.2, 0) is 14.3 Å². The lowest BCUT2D eigenvalue weighted by Gasteiger charge is -2.19. The van der Waals surface area contributed by atoms with Crippen molar-refractivity contribution in [1.82, 2.24) is 5.32 Å². The van der Waals surface area contributed by atoms with Crippen molar-refractivity contribution in [3.05, 3.63) is 24.3 Å². The average Bonchev–Trinajstić information content (AvgIpc) is 3.20. The van der Waals surface area contributed by atoms with Crippen LogP contribution < -0.4 is 5.32 Å². The fourth-order valence-corrected chi connectivity index (χ4v) is 7.39. The van der Waals surface area contributed by atoms with Gasteiger partial charge in [-0.25, -0.2) is 0 Å². The number of aliphatic hydroxyl groups is 2. The molecule has 0 aliphatic rings. The van der Waals surface area contributed by atoms with Crippen LogP contribution in [0, 0.1) is 0 Å². The molecule has 0 bridgehead atoms. The maximum absolute atomic E-state index is 12.4. The number of ether oxygens (including phenoxy) is 1. The number of rotatable bonds is 45. The Kier molecular flexibility index (Phi) is 44.7. The molecule has 0 saturated carbocycles.